The summed E-state index contributed by atoms with van der Waals surface area (Å²) in [5.74, 6) is -0.385. The van der Waals surface area contributed by atoms with Gasteiger partial charge in [-0.05, 0) is 19.8 Å². The molecule has 8 heteroatoms. The van der Waals surface area contributed by atoms with Crippen LogP contribution in [0.3, 0.4) is 0 Å². The molecule has 21 heavy (non-hydrogen) atoms. The molecule has 1 atom stereocenters. The number of nitrogens with zero attached hydrogens (tertiary/aromatic N) is 3. The summed E-state index contributed by atoms with van der Waals surface area (Å²) in [6.07, 6.45) is 1.74. The van der Waals surface area contributed by atoms with Gasteiger partial charge >= 0.3 is 12.0 Å². The maximum Gasteiger partial charge on any atom is 0.315 e. The van der Waals surface area contributed by atoms with Crippen LogP contribution in [0.1, 0.15) is 24.1 Å². The normalized spacial score (nSPS) is 18.0. The first-order chi connectivity index (χ1) is 9.90. The van der Waals surface area contributed by atoms with Gasteiger partial charge < -0.3 is 15.4 Å². The molecule has 7 nitrogen and oxygen atoms in total. The number of amides is 2. The lowest BCUT2D eigenvalue weighted by molar-refractivity contribution is -0.144. The highest BCUT2D eigenvalue weighted by Crippen LogP contribution is 2.20. The monoisotopic (exact) mass is 314 g/mol. The second kappa shape index (κ2) is 6.34. The molecule has 0 spiro atoms. The Kier molecular flexibility index (Phi) is 4.72. The van der Waals surface area contributed by atoms with Gasteiger partial charge in [0.05, 0.1) is 18.2 Å². The minimum Gasteiger partial charge on any atom is -0.463 e. The second-order valence-corrected chi connectivity index (χ2v) is 5.52. The zero-order valence-corrected chi connectivity index (χ0v) is 12.9. The Bertz CT molecular complexity index is 558. The standard InChI is InChI=1S/C13H19ClN4O3/c1-8-10(12(14)17(2)16-8)6-11(19)21-7-9-4-3-5-18(9)13(15)20/h9H,3-7H2,1-2H3,(H2,15,20). The molecule has 0 aromatic carbocycles. The maximum absolute atomic E-state index is 11.9. The van der Waals surface area contributed by atoms with Gasteiger partial charge in [-0.1, -0.05) is 11.6 Å². The number of carbonyl (C=O) groups is 2. The van der Waals surface area contributed by atoms with E-state index in [2.05, 4.69) is 5.10 Å². The van der Waals surface area contributed by atoms with Gasteiger partial charge in [-0.2, -0.15) is 5.10 Å². The van der Waals surface area contributed by atoms with Crippen LogP contribution in [0.15, 0.2) is 0 Å². The SMILES string of the molecule is Cc1nn(C)c(Cl)c1CC(=O)OCC1CCCN1C(N)=O. The fourth-order valence-corrected chi connectivity index (χ4v) is 2.80. The molecule has 0 bridgehead atoms. The Labute approximate surface area is 128 Å². The van der Waals surface area contributed by atoms with Gasteiger partial charge in [0.15, 0.2) is 0 Å². The van der Waals surface area contributed by atoms with Gasteiger partial charge in [-0.3, -0.25) is 9.48 Å². The highest BCUT2D eigenvalue weighted by atomic mass is 35.5. The van der Waals surface area contributed by atoms with Crippen molar-refractivity contribution in [1.29, 1.82) is 0 Å². The Morgan fingerprint density at radius 2 is 2.24 bits per heavy atom. The summed E-state index contributed by atoms with van der Waals surface area (Å²) in [5.41, 5.74) is 6.65. The summed E-state index contributed by atoms with van der Waals surface area (Å²) in [6, 6.07) is -0.600. The predicted molar refractivity (Wildman–Crippen MR) is 76.9 cm³/mol. The van der Waals surface area contributed by atoms with Crippen LogP contribution in [0.4, 0.5) is 4.79 Å². The lowest BCUT2D eigenvalue weighted by Gasteiger charge is -2.22. The predicted octanol–water partition coefficient (Wildman–Crippen LogP) is 1.01. The lowest BCUT2D eigenvalue weighted by Crippen LogP contribution is -2.42. The first kappa shape index (κ1) is 15.6. The largest absolute Gasteiger partial charge is 0.463 e. The number of likely N-dealkylation sites (tertiary alicyclic amines) is 1. The summed E-state index contributed by atoms with van der Waals surface area (Å²) >= 11 is 6.07. The zero-order chi connectivity index (χ0) is 15.6. The molecule has 0 radical (unpaired) electrons. The Morgan fingerprint density at radius 1 is 1.52 bits per heavy atom. The van der Waals surface area contributed by atoms with Crippen LogP contribution >= 0.6 is 11.6 Å². The summed E-state index contributed by atoms with van der Waals surface area (Å²) in [7, 11) is 1.72. The van der Waals surface area contributed by atoms with Crippen LogP contribution in [-0.2, 0) is 23.0 Å². The number of esters is 1. The average molecular weight is 315 g/mol. The highest BCUT2D eigenvalue weighted by Gasteiger charge is 2.28. The molecule has 116 valence electrons. The number of primary amides is 1. The zero-order valence-electron chi connectivity index (χ0n) is 12.1. The third-order valence-corrected chi connectivity index (χ3v) is 4.16. The molecule has 1 unspecified atom stereocenters. The molecule has 1 aliphatic heterocycles. The maximum atomic E-state index is 11.9. The Morgan fingerprint density at radius 3 is 2.81 bits per heavy atom. The summed E-state index contributed by atoms with van der Waals surface area (Å²) in [6.45, 7) is 2.57. The summed E-state index contributed by atoms with van der Waals surface area (Å²) in [4.78, 5) is 24.7. The van der Waals surface area contributed by atoms with Crippen molar-refractivity contribution in [3.63, 3.8) is 0 Å². The first-order valence-electron chi connectivity index (χ1n) is 6.79. The fourth-order valence-electron chi connectivity index (χ4n) is 2.56. The minimum absolute atomic E-state index is 0.0712. The molecule has 0 saturated carbocycles. The number of halogens is 1. The number of ether oxygens (including phenoxy) is 1. The van der Waals surface area contributed by atoms with E-state index in [1.165, 1.54) is 9.58 Å². The quantitative estimate of drug-likeness (QED) is 0.840. The number of carbonyl (C=O) groups excluding carboxylic acids is 2. The second-order valence-electron chi connectivity index (χ2n) is 5.17. The van der Waals surface area contributed by atoms with Crippen LogP contribution in [0, 0.1) is 6.92 Å². The molecule has 1 fully saturated rings. The third-order valence-electron chi connectivity index (χ3n) is 3.69. The number of aryl methyl sites for hydroxylation is 2. The molecule has 1 aliphatic rings. The van der Waals surface area contributed by atoms with Crippen LogP contribution in [0.2, 0.25) is 5.15 Å². The van der Waals surface area contributed by atoms with Crippen LogP contribution in [-0.4, -0.2) is 45.9 Å². The van der Waals surface area contributed by atoms with Gasteiger partial charge in [-0.15, -0.1) is 0 Å². The van der Waals surface area contributed by atoms with E-state index in [0.717, 1.165) is 12.8 Å². The summed E-state index contributed by atoms with van der Waals surface area (Å²) in [5, 5.41) is 4.58. The van der Waals surface area contributed by atoms with Crippen LogP contribution in [0.5, 0.6) is 0 Å². The van der Waals surface area contributed by atoms with Crippen LogP contribution in [0.25, 0.3) is 0 Å². The van der Waals surface area contributed by atoms with E-state index in [4.69, 9.17) is 22.1 Å². The molecular formula is C13H19ClN4O3. The molecule has 2 rings (SSSR count). The topological polar surface area (TPSA) is 90.5 Å². The van der Waals surface area contributed by atoms with E-state index in [9.17, 15) is 9.59 Å². The van der Waals surface area contributed by atoms with Crippen molar-refractivity contribution in [2.75, 3.05) is 13.2 Å². The number of hydrogen-bond donors (Lipinski definition) is 1. The van der Waals surface area contributed by atoms with E-state index >= 15 is 0 Å². The van der Waals surface area contributed by atoms with E-state index in [1.54, 1.807) is 14.0 Å². The van der Waals surface area contributed by atoms with Gasteiger partial charge in [0, 0.05) is 19.2 Å². The molecule has 1 saturated heterocycles. The third kappa shape index (κ3) is 3.47. The van der Waals surface area contributed by atoms with Crippen molar-refractivity contribution < 1.29 is 14.3 Å². The minimum atomic E-state index is -0.473. The lowest BCUT2D eigenvalue weighted by atomic mass is 10.2. The molecule has 1 aromatic heterocycles. The van der Waals surface area contributed by atoms with E-state index in [-0.39, 0.29) is 25.0 Å². The molecule has 1 aromatic rings. The van der Waals surface area contributed by atoms with Crippen molar-refractivity contribution in [3.05, 3.63) is 16.4 Å². The number of rotatable bonds is 4. The molecular weight excluding hydrogens is 296 g/mol. The molecule has 2 heterocycles. The van der Waals surface area contributed by atoms with E-state index < -0.39 is 6.03 Å². The average Bonchev–Trinajstić information content (AvgIpc) is 2.97. The van der Waals surface area contributed by atoms with Gasteiger partial charge in [-0.25, -0.2) is 4.79 Å². The summed E-state index contributed by atoms with van der Waals surface area (Å²) < 4.78 is 6.76. The first-order valence-corrected chi connectivity index (χ1v) is 7.17. The number of urea groups is 1. The van der Waals surface area contributed by atoms with Gasteiger partial charge in [0.25, 0.3) is 0 Å². The van der Waals surface area contributed by atoms with Crippen molar-refractivity contribution >= 4 is 23.6 Å². The van der Waals surface area contributed by atoms with Gasteiger partial charge in [0.2, 0.25) is 0 Å². The highest BCUT2D eigenvalue weighted by molar-refractivity contribution is 6.30. The van der Waals surface area contributed by atoms with Gasteiger partial charge in [0.1, 0.15) is 11.8 Å². The van der Waals surface area contributed by atoms with E-state index in [0.29, 0.717) is 23.0 Å². The molecule has 2 amide bonds. The number of aromatic nitrogens is 2. The number of nitrogens with two attached hydrogens (primary N) is 1. The van der Waals surface area contributed by atoms with Crippen molar-refractivity contribution in [3.8, 4) is 0 Å². The van der Waals surface area contributed by atoms with Crippen LogP contribution < -0.4 is 5.73 Å². The van der Waals surface area contributed by atoms with Crippen molar-refractivity contribution in [2.24, 2.45) is 12.8 Å². The van der Waals surface area contributed by atoms with Crippen molar-refractivity contribution in [1.82, 2.24) is 14.7 Å². The Balaban J connectivity index is 1.89. The number of hydrogen-bond acceptors (Lipinski definition) is 4. The van der Waals surface area contributed by atoms with E-state index in [1.807, 2.05) is 0 Å². The molecule has 0 aliphatic carbocycles. The molecule has 2 N–H and O–H groups in total. The smallest absolute Gasteiger partial charge is 0.315 e. The Hall–Kier alpha value is -1.76. The fraction of sp³-hybridized carbons (Fsp3) is 0.615. The van der Waals surface area contributed by atoms with Crippen molar-refractivity contribution in [2.45, 2.75) is 32.2 Å².